The van der Waals surface area contributed by atoms with Gasteiger partial charge in [0.2, 0.25) is 5.91 Å². The number of aryl methyl sites for hydroxylation is 1. The Kier molecular flexibility index (Phi) is 3.29. The van der Waals surface area contributed by atoms with Crippen LogP contribution in [0.5, 0.6) is 0 Å². The molecule has 6 heteroatoms. The van der Waals surface area contributed by atoms with Crippen LogP contribution in [-0.2, 0) is 11.3 Å². The SMILES string of the molecule is O=C(CCn1ccnn1)N[C@@H]1CCNC1. The molecule has 15 heavy (non-hydrogen) atoms. The van der Waals surface area contributed by atoms with Crippen LogP contribution >= 0.6 is 0 Å². The zero-order chi connectivity index (χ0) is 10.5. The lowest BCUT2D eigenvalue weighted by Crippen LogP contribution is -2.36. The monoisotopic (exact) mass is 209 g/mol. The first-order valence-corrected chi connectivity index (χ1v) is 5.19. The van der Waals surface area contributed by atoms with E-state index in [0.29, 0.717) is 19.0 Å². The average molecular weight is 209 g/mol. The van der Waals surface area contributed by atoms with Crippen LogP contribution in [0.2, 0.25) is 0 Å². The van der Waals surface area contributed by atoms with E-state index in [1.165, 1.54) is 0 Å². The highest BCUT2D eigenvalue weighted by Crippen LogP contribution is 1.98. The molecule has 6 nitrogen and oxygen atoms in total. The highest BCUT2D eigenvalue weighted by atomic mass is 16.1. The van der Waals surface area contributed by atoms with Crippen molar-refractivity contribution in [1.82, 2.24) is 25.6 Å². The van der Waals surface area contributed by atoms with Gasteiger partial charge in [0.15, 0.2) is 0 Å². The molecule has 82 valence electrons. The van der Waals surface area contributed by atoms with Crippen LogP contribution in [0.3, 0.4) is 0 Å². The molecule has 0 aromatic carbocycles. The highest BCUT2D eigenvalue weighted by molar-refractivity contribution is 5.76. The lowest BCUT2D eigenvalue weighted by Gasteiger charge is -2.10. The molecule has 0 saturated carbocycles. The van der Waals surface area contributed by atoms with Crippen molar-refractivity contribution >= 4 is 5.91 Å². The second-order valence-electron chi connectivity index (χ2n) is 3.67. The largest absolute Gasteiger partial charge is 0.352 e. The van der Waals surface area contributed by atoms with Crippen molar-refractivity contribution in [2.75, 3.05) is 13.1 Å². The number of nitrogens with one attached hydrogen (secondary N) is 2. The van der Waals surface area contributed by atoms with Crippen molar-refractivity contribution in [3.8, 4) is 0 Å². The predicted molar refractivity (Wildman–Crippen MR) is 54.1 cm³/mol. The predicted octanol–water partition coefficient (Wildman–Crippen LogP) is -0.854. The summed E-state index contributed by atoms with van der Waals surface area (Å²) < 4.78 is 1.66. The number of hydrogen-bond donors (Lipinski definition) is 2. The molecule has 0 radical (unpaired) electrons. The molecule has 1 aromatic rings. The molecule has 1 aliphatic heterocycles. The molecule has 1 aliphatic rings. The molecule has 2 N–H and O–H groups in total. The minimum atomic E-state index is 0.0826. The van der Waals surface area contributed by atoms with Crippen LogP contribution in [0.4, 0.5) is 0 Å². The number of nitrogens with zero attached hydrogens (tertiary/aromatic N) is 3. The molecule has 1 saturated heterocycles. The smallest absolute Gasteiger partial charge is 0.222 e. The summed E-state index contributed by atoms with van der Waals surface area (Å²) in [6, 6.07) is 0.299. The number of aromatic nitrogens is 3. The van der Waals surface area contributed by atoms with Crippen LogP contribution < -0.4 is 10.6 Å². The number of carbonyl (C=O) groups is 1. The second-order valence-corrected chi connectivity index (χ2v) is 3.67. The van der Waals surface area contributed by atoms with Gasteiger partial charge in [0, 0.05) is 25.2 Å². The maximum Gasteiger partial charge on any atom is 0.222 e. The molecular weight excluding hydrogens is 194 g/mol. The summed E-state index contributed by atoms with van der Waals surface area (Å²) in [4.78, 5) is 11.5. The van der Waals surface area contributed by atoms with E-state index in [1.807, 2.05) is 0 Å². The number of hydrogen-bond acceptors (Lipinski definition) is 4. The van der Waals surface area contributed by atoms with E-state index >= 15 is 0 Å². The van der Waals surface area contributed by atoms with E-state index in [9.17, 15) is 4.79 Å². The van der Waals surface area contributed by atoms with Gasteiger partial charge < -0.3 is 10.6 Å². The Labute approximate surface area is 88.0 Å². The Morgan fingerprint density at radius 3 is 3.27 bits per heavy atom. The molecule has 1 fully saturated rings. The highest BCUT2D eigenvalue weighted by Gasteiger charge is 2.16. The van der Waals surface area contributed by atoms with Gasteiger partial charge in [-0.3, -0.25) is 9.48 Å². The van der Waals surface area contributed by atoms with Crippen LogP contribution in [0, 0.1) is 0 Å². The van der Waals surface area contributed by atoms with Crippen molar-refractivity contribution in [2.45, 2.75) is 25.4 Å². The van der Waals surface area contributed by atoms with Crippen molar-refractivity contribution in [2.24, 2.45) is 0 Å². The van der Waals surface area contributed by atoms with Crippen molar-refractivity contribution < 1.29 is 4.79 Å². The summed E-state index contributed by atoms with van der Waals surface area (Å²) in [6.45, 7) is 2.47. The van der Waals surface area contributed by atoms with Gasteiger partial charge in [-0.05, 0) is 13.0 Å². The zero-order valence-corrected chi connectivity index (χ0v) is 8.52. The third-order valence-electron chi connectivity index (χ3n) is 2.47. The lowest BCUT2D eigenvalue weighted by atomic mass is 10.2. The Morgan fingerprint density at radius 2 is 2.60 bits per heavy atom. The summed E-state index contributed by atoms with van der Waals surface area (Å²) in [5.74, 6) is 0.0826. The zero-order valence-electron chi connectivity index (χ0n) is 8.52. The average Bonchev–Trinajstić information content (AvgIpc) is 2.86. The lowest BCUT2D eigenvalue weighted by molar-refractivity contribution is -0.121. The van der Waals surface area contributed by atoms with Gasteiger partial charge >= 0.3 is 0 Å². The van der Waals surface area contributed by atoms with E-state index in [4.69, 9.17) is 0 Å². The summed E-state index contributed by atoms with van der Waals surface area (Å²) >= 11 is 0. The van der Waals surface area contributed by atoms with Crippen LogP contribution in [0.1, 0.15) is 12.8 Å². The third kappa shape index (κ3) is 3.02. The molecule has 2 heterocycles. The Bertz CT molecular complexity index is 304. The first-order valence-electron chi connectivity index (χ1n) is 5.19. The summed E-state index contributed by atoms with van der Waals surface area (Å²) in [5.41, 5.74) is 0. The summed E-state index contributed by atoms with van der Waals surface area (Å²) in [5, 5.41) is 13.7. The van der Waals surface area contributed by atoms with Gasteiger partial charge in [-0.1, -0.05) is 5.21 Å². The minimum absolute atomic E-state index is 0.0826. The number of rotatable bonds is 4. The second kappa shape index (κ2) is 4.88. The first-order chi connectivity index (χ1) is 7.34. The third-order valence-corrected chi connectivity index (χ3v) is 2.47. The number of amides is 1. The van der Waals surface area contributed by atoms with Crippen LogP contribution in [0.25, 0.3) is 0 Å². The standard InChI is InChI=1S/C9H15N5O/c15-9(12-8-1-3-10-7-8)2-5-14-6-4-11-13-14/h4,6,8,10H,1-3,5,7H2,(H,12,15)/t8-/m1/s1. The Morgan fingerprint density at radius 1 is 1.67 bits per heavy atom. The van der Waals surface area contributed by atoms with E-state index in [1.54, 1.807) is 17.1 Å². The van der Waals surface area contributed by atoms with Gasteiger partial charge in [-0.15, -0.1) is 5.10 Å². The van der Waals surface area contributed by atoms with Crippen LogP contribution in [0.15, 0.2) is 12.4 Å². The summed E-state index contributed by atoms with van der Waals surface area (Å²) in [6.07, 6.45) is 4.85. The maximum atomic E-state index is 11.5. The maximum absolute atomic E-state index is 11.5. The van der Waals surface area contributed by atoms with Gasteiger partial charge in [0.1, 0.15) is 0 Å². The van der Waals surface area contributed by atoms with Crippen molar-refractivity contribution in [3.63, 3.8) is 0 Å². The summed E-state index contributed by atoms with van der Waals surface area (Å²) in [7, 11) is 0. The molecule has 1 aromatic heterocycles. The Hall–Kier alpha value is -1.43. The van der Waals surface area contributed by atoms with Gasteiger partial charge in [-0.2, -0.15) is 0 Å². The number of carbonyl (C=O) groups excluding carboxylic acids is 1. The van der Waals surface area contributed by atoms with Gasteiger partial charge in [-0.25, -0.2) is 0 Å². The Balaban J connectivity index is 1.68. The molecule has 0 aliphatic carbocycles. The van der Waals surface area contributed by atoms with Gasteiger partial charge in [0.25, 0.3) is 0 Å². The molecule has 2 rings (SSSR count). The topological polar surface area (TPSA) is 71.8 Å². The fraction of sp³-hybridized carbons (Fsp3) is 0.667. The quantitative estimate of drug-likeness (QED) is 0.677. The van der Waals surface area contributed by atoms with Crippen molar-refractivity contribution in [3.05, 3.63) is 12.4 Å². The van der Waals surface area contributed by atoms with E-state index < -0.39 is 0 Å². The molecule has 0 spiro atoms. The van der Waals surface area contributed by atoms with Crippen molar-refractivity contribution in [1.29, 1.82) is 0 Å². The van der Waals surface area contributed by atoms with E-state index in [2.05, 4.69) is 20.9 Å². The molecular formula is C9H15N5O. The van der Waals surface area contributed by atoms with E-state index in [0.717, 1.165) is 19.5 Å². The van der Waals surface area contributed by atoms with Gasteiger partial charge in [0.05, 0.1) is 12.7 Å². The normalized spacial score (nSPS) is 20.4. The molecule has 1 amide bonds. The minimum Gasteiger partial charge on any atom is -0.352 e. The molecule has 1 atom stereocenters. The van der Waals surface area contributed by atoms with Crippen LogP contribution in [-0.4, -0.2) is 40.0 Å². The molecule has 0 unspecified atom stereocenters. The molecule has 0 bridgehead atoms. The van der Waals surface area contributed by atoms with E-state index in [-0.39, 0.29) is 5.91 Å². The fourth-order valence-corrected chi connectivity index (χ4v) is 1.65. The first kappa shape index (κ1) is 10.1. The fourth-order valence-electron chi connectivity index (χ4n) is 1.65.